The second kappa shape index (κ2) is 9.43. The van der Waals surface area contributed by atoms with E-state index in [4.69, 9.17) is 9.47 Å². The topological polar surface area (TPSA) is 56.3 Å². The van der Waals surface area contributed by atoms with E-state index in [9.17, 15) is 13.2 Å². The summed E-state index contributed by atoms with van der Waals surface area (Å²) in [5.41, 5.74) is -0.354. The molecule has 0 radical (unpaired) electrons. The molecule has 0 aliphatic heterocycles. The number of aromatic nitrogens is 2. The van der Waals surface area contributed by atoms with Crippen LogP contribution in [0.1, 0.15) is 45.6 Å². The van der Waals surface area contributed by atoms with E-state index in [0.29, 0.717) is 17.9 Å². The van der Waals surface area contributed by atoms with E-state index in [0.717, 1.165) is 19.0 Å². The maximum Gasteiger partial charge on any atom is 0.423 e. The SMILES string of the molecule is CCCCCOc1nc(Nc2ccc(OC(C)C)cc2)ncc1C(F)(F)F. The highest BCUT2D eigenvalue weighted by molar-refractivity contribution is 5.55. The minimum atomic E-state index is -4.57. The number of hydrogen-bond acceptors (Lipinski definition) is 5. The van der Waals surface area contributed by atoms with Gasteiger partial charge in [0.2, 0.25) is 11.8 Å². The van der Waals surface area contributed by atoms with Crippen LogP contribution >= 0.6 is 0 Å². The summed E-state index contributed by atoms with van der Waals surface area (Å²) in [7, 11) is 0. The lowest BCUT2D eigenvalue weighted by Gasteiger charge is -2.14. The zero-order valence-electron chi connectivity index (χ0n) is 15.6. The van der Waals surface area contributed by atoms with Crippen LogP contribution in [0.4, 0.5) is 24.8 Å². The van der Waals surface area contributed by atoms with Crippen LogP contribution in [0.3, 0.4) is 0 Å². The lowest BCUT2D eigenvalue weighted by atomic mass is 10.2. The number of nitrogens with one attached hydrogen (secondary N) is 1. The van der Waals surface area contributed by atoms with Gasteiger partial charge in [-0.3, -0.25) is 0 Å². The van der Waals surface area contributed by atoms with Gasteiger partial charge in [0.25, 0.3) is 0 Å². The highest BCUT2D eigenvalue weighted by Gasteiger charge is 2.36. The number of nitrogens with zero attached hydrogens (tertiary/aromatic N) is 2. The standard InChI is InChI=1S/C19H24F3N3O2/c1-4-5-6-11-26-17-16(19(20,21)22)12-23-18(25-17)24-14-7-9-15(10-8-14)27-13(2)3/h7-10,12-13H,4-6,11H2,1-3H3,(H,23,24,25). The summed E-state index contributed by atoms with van der Waals surface area (Å²) in [4.78, 5) is 7.67. The first-order chi connectivity index (χ1) is 12.8. The molecule has 2 aromatic rings. The average molecular weight is 383 g/mol. The minimum Gasteiger partial charge on any atom is -0.491 e. The Morgan fingerprint density at radius 1 is 1.11 bits per heavy atom. The van der Waals surface area contributed by atoms with Crippen LogP contribution in [-0.4, -0.2) is 22.7 Å². The van der Waals surface area contributed by atoms with E-state index < -0.39 is 17.6 Å². The van der Waals surface area contributed by atoms with E-state index in [1.807, 2.05) is 20.8 Å². The van der Waals surface area contributed by atoms with Crippen LogP contribution in [-0.2, 0) is 6.18 Å². The molecule has 0 bridgehead atoms. The van der Waals surface area contributed by atoms with Crippen LogP contribution in [0.15, 0.2) is 30.5 Å². The fourth-order valence-corrected chi connectivity index (χ4v) is 2.27. The predicted molar refractivity (Wildman–Crippen MR) is 97.5 cm³/mol. The normalized spacial score (nSPS) is 11.5. The van der Waals surface area contributed by atoms with E-state index >= 15 is 0 Å². The predicted octanol–water partition coefficient (Wildman–Crippen LogP) is 5.60. The first-order valence-corrected chi connectivity index (χ1v) is 8.90. The van der Waals surface area contributed by atoms with Crippen molar-refractivity contribution < 1.29 is 22.6 Å². The Bertz CT molecular complexity index is 719. The molecule has 0 unspecified atom stereocenters. The first kappa shape index (κ1) is 20.8. The number of rotatable bonds is 9. The molecule has 0 atom stereocenters. The van der Waals surface area contributed by atoms with Crippen molar-refractivity contribution in [3.63, 3.8) is 0 Å². The summed E-state index contributed by atoms with van der Waals surface area (Å²) in [6.07, 6.45) is -1.30. The third kappa shape index (κ3) is 6.62. The molecule has 0 saturated heterocycles. The van der Waals surface area contributed by atoms with E-state index in [-0.39, 0.29) is 18.7 Å². The summed E-state index contributed by atoms with van der Waals surface area (Å²) >= 11 is 0. The number of alkyl halides is 3. The Labute approximate surface area is 156 Å². The van der Waals surface area contributed by atoms with Crippen LogP contribution in [0.25, 0.3) is 0 Å². The molecule has 0 fully saturated rings. The van der Waals surface area contributed by atoms with Crippen molar-refractivity contribution in [3.8, 4) is 11.6 Å². The maximum absolute atomic E-state index is 13.1. The fraction of sp³-hybridized carbons (Fsp3) is 0.474. The largest absolute Gasteiger partial charge is 0.491 e. The minimum absolute atomic E-state index is 0.0334. The first-order valence-electron chi connectivity index (χ1n) is 8.90. The van der Waals surface area contributed by atoms with E-state index in [1.165, 1.54) is 0 Å². The summed E-state index contributed by atoms with van der Waals surface area (Å²) in [5.74, 6) is 0.269. The van der Waals surface area contributed by atoms with Crippen LogP contribution < -0.4 is 14.8 Å². The van der Waals surface area contributed by atoms with Crippen molar-refractivity contribution in [2.45, 2.75) is 52.3 Å². The molecular formula is C19H24F3N3O2. The van der Waals surface area contributed by atoms with Gasteiger partial charge in [0, 0.05) is 11.9 Å². The lowest BCUT2D eigenvalue weighted by Crippen LogP contribution is -2.13. The van der Waals surface area contributed by atoms with Crippen molar-refractivity contribution >= 4 is 11.6 Å². The van der Waals surface area contributed by atoms with Crippen LogP contribution in [0.5, 0.6) is 11.6 Å². The molecule has 1 N–H and O–H groups in total. The molecule has 1 heterocycles. The monoisotopic (exact) mass is 383 g/mol. The quantitative estimate of drug-likeness (QED) is 0.572. The zero-order chi connectivity index (χ0) is 19.9. The molecule has 5 nitrogen and oxygen atoms in total. The molecule has 0 aliphatic carbocycles. The summed E-state index contributed by atoms with van der Waals surface area (Å²) in [6.45, 7) is 6.02. The summed E-state index contributed by atoms with van der Waals surface area (Å²) in [6, 6.07) is 6.99. The fourth-order valence-electron chi connectivity index (χ4n) is 2.27. The Hall–Kier alpha value is -2.51. The molecule has 0 aliphatic rings. The smallest absolute Gasteiger partial charge is 0.423 e. The van der Waals surface area contributed by atoms with Gasteiger partial charge in [0.1, 0.15) is 11.3 Å². The van der Waals surface area contributed by atoms with Crippen LogP contribution in [0.2, 0.25) is 0 Å². The zero-order valence-corrected chi connectivity index (χ0v) is 15.6. The Balaban J connectivity index is 2.14. The van der Waals surface area contributed by atoms with Crippen molar-refractivity contribution in [1.29, 1.82) is 0 Å². The number of unbranched alkanes of at least 4 members (excludes halogenated alkanes) is 2. The van der Waals surface area contributed by atoms with Gasteiger partial charge < -0.3 is 14.8 Å². The van der Waals surface area contributed by atoms with Gasteiger partial charge in [-0.1, -0.05) is 19.8 Å². The highest BCUT2D eigenvalue weighted by Crippen LogP contribution is 2.35. The van der Waals surface area contributed by atoms with Gasteiger partial charge in [-0.25, -0.2) is 4.98 Å². The van der Waals surface area contributed by atoms with Gasteiger partial charge in [0.15, 0.2) is 0 Å². The van der Waals surface area contributed by atoms with Crippen molar-refractivity contribution in [1.82, 2.24) is 9.97 Å². The molecule has 0 spiro atoms. The van der Waals surface area contributed by atoms with E-state index in [1.54, 1.807) is 24.3 Å². The number of anilines is 2. The highest BCUT2D eigenvalue weighted by atomic mass is 19.4. The number of ether oxygens (including phenoxy) is 2. The van der Waals surface area contributed by atoms with Crippen molar-refractivity contribution in [2.75, 3.05) is 11.9 Å². The lowest BCUT2D eigenvalue weighted by molar-refractivity contribution is -0.139. The molecule has 148 valence electrons. The van der Waals surface area contributed by atoms with Gasteiger partial charge in [0.05, 0.1) is 12.7 Å². The molecule has 1 aromatic heterocycles. The number of halogens is 3. The Kier molecular flexibility index (Phi) is 7.27. The second-order valence-electron chi connectivity index (χ2n) is 6.28. The second-order valence-corrected chi connectivity index (χ2v) is 6.28. The molecule has 1 aromatic carbocycles. The number of benzene rings is 1. The molecular weight excluding hydrogens is 359 g/mol. The Morgan fingerprint density at radius 2 is 1.81 bits per heavy atom. The van der Waals surface area contributed by atoms with Gasteiger partial charge in [-0.05, 0) is 44.5 Å². The van der Waals surface area contributed by atoms with Crippen molar-refractivity contribution in [2.24, 2.45) is 0 Å². The van der Waals surface area contributed by atoms with Gasteiger partial charge in [-0.15, -0.1) is 0 Å². The molecule has 0 saturated carbocycles. The van der Waals surface area contributed by atoms with Gasteiger partial charge >= 0.3 is 6.18 Å². The molecule has 0 amide bonds. The summed E-state index contributed by atoms with van der Waals surface area (Å²) < 4.78 is 50.2. The van der Waals surface area contributed by atoms with E-state index in [2.05, 4.69) is 15.3 Å². The van der Waals surface area contributed by atoms with Crippen LogP contribution in [0, 0.1) is 0 Å². The van der Waals surface area contributed by atoms with Crippen molar-refractivity contribution in [3.05, 3.63) is 36.0 Å². The maximum atomic E-state index is 13.1. The van der Waals surface area contributed by atoms with Gasteiger partial charge in [-0.2, -0.15) is 18.2 Å². The number of hydrogen-bond donors (Lipinski definition) is 1. The third-order valence-electron chi connectivity index (χ3n) is 3.53. The molecule has 8 heteroatoms. The third-order valence-corrected chi connectivity index (χ3v) is 3.53. The molecule has 2 rings (SSSR count). The Morgan fingerprint density at radius 3 is 2.41 bits per heavy atom. The summed E-state index contributed by atoms with van der Waals surface area (Å²) in [5, 5.41) is 2.88. The average Bonchev–Trinajstić information content (AvgIpc) is 2.59. The molecule has 27 heavy (non-hydrogen) atoms.